The van der Waals surface area contributed by atoms with Gasteiger partial charge in [0.2, 0.25) is 0 Å². The lowest BCUT2D eigenvalue weighted by Crippen LogP contribution is -2.13. The van der Waals surface area contributed by atoms with Crippen molar-refractivity contribution in [1.82, 2.24) is 0 Å². The molecule has 74 valence electrons. The Hall–Kier alpha value is -0.860. The molecule has 2 nitrogen and oxygen atoms in total. The van der Waals surface area contributed by atoms with Gasteiger partial charge < -0.3 is 4.74 Å². The van der Waals surface area contributed by atoms with Crippen molar-refractivity contribution in [2.75, 3.05) is 7.11 Å². The molecule has 0 aromatic rings. The summed E-state index contributed by atoms with van der Waals surface area (Å²) in [6, 6.07) is 0. The van der Waals surface area contributed by atoms with E-state index >= 15 is 0 Å². The van der Waals surface area contributed by atoms with Gasteiger partial charge in [0.25, 0.3) is 0 Å². The summed E-state index contributed by atoms with van der Waals surface area (Å²) in [5.74, 6) is 0.0217. The summed E-state index contributed by atoms with van der Waals surface area (Å²) in [5, 5.41) is 0. The first-order valence-electron chi connectivity index (χ1n) is 4.62. The third-order valence-electron chi connectivity index (χ3n) is 2.41. The molecule has 0 N–H and O–H groups in total. The first kappa shape index (κ1) is 10.2. The maximum Gasteiger partial charge on any atom is 0.330 e. The molecule has 0 bridgehead atoms. The maximum atomic E-state index is 12.7. The van der Waals surface area contributed by atoms with Crippen molar-refractivity contribution in [3.8, 4) is 0 Å². The number of esters is 1. The smallest absolute Gasteiger partial charge is 0.330 e. The Labute approximate surface area is 77.8 Å². The molecular weight excluding hydrogens is 171 g/mol. The number of hydrogen-bond donors (Lipinski definition) is 0. The Morgan fingerprint density at radius 1 is 1.38 bits per heavy atom. The van der Waals surface area contributed by atoms with E-state index in [2.05, 4.69) is 4.74 Å². The average molecular weight is 186 g/mol. The van der Waals surface area contributed by atoms with Crippen molar-refractivity contribution in [2.24, 2.45) is 5.92 Å². The lowest BCUT2D eigenvalue weighted by molar-refractivity contribution is -0.134. The highest BCUT2D eigenvalue weighted by Gasteiger charge is 2.18. The number of carbonyl (C=O) groups is 1. The number of allylic oxidation sites excluding steroid dienone is 1. The van der Waals surface area contributed by atoms with Gasteiger partial charge in [0, 0.05) is 6.08 Å². The minimum Gasteiger partial charge on any atom is -0.466 e. The molecule has 0 aromatic carbocycles. The second-order valence-corrected chi connectivity index (χ2v) is 3.39. The molecule has 0 radical (unpaired) electrons. The Bertz CT molecular complexity index is 193. The normalized spacial score (nSPS) is 29.1. The van der Waals surface area contributed by atoms with E-state index in [1.807, 2.05) is 6.08 Å². The summed E-state index contributed by atoms with van der Waals surface area (Å²) in [4.78, 5) is 10.7. The molecule has 0 spiro atoms. The lowest BCUT2D eigenvalue weighted by Gasteiger charge is -2.20. The standard InChI is InChI=1S/C10H15FO2/c1-13-10(12)7-4-8-2-5-9(11)6-3-8/h4,7-9H,2-3,5-6H2,1H3/b7-4+/t8-,9-. The van der Waals surface area contributed by atoms with Crippen LogP contribution in [0.1, 0.15) is 25.7 Å². The van der Waals surface area contributed by atoms with Gasteiger partial charge in [-0.2, -0.15) is 0 Å². The topological polar surface area (TPSA) is 26.3 Å². The van der Waals surface area contributed by atoms with Gasteiger partial charge in [0.1, 0.15) is 6.17 Å². The van der Waals surface area contributed by atoms with Crippen LogP contribution in [0.2, 0.25) is 0 Å². The minimum absolute atomic E-state index is 0.331. The first-order valence-corrected chi connectivity index (χ1v) is 4.62. The van der Waals surface area contributed by atoms with Crippen LogP contribution in [0.4, 0.5) is 4.39 Å². The Balaban J connectivity index is 2.29. The van der Waals surface area contributed by atoms with E-state index < -0.39 is 6.17 Å². The molecule has 0 amide bonds. The molecule has 0 atom stereocenters. The number of alkyl halides is 1. The molecule has 13 heavy (non-hydrogen) atoms. The van der Waals surface area contributed by atoms with Crippen LogP contribution in [0, 0.1) is 5.92 Å². The Morgan fingerprint density at radius 3 is 2.54 bits per heavy atom. The van der Waals surface area contributed by atoms with E-state index in [9.17, 15) is 9.18 Å². The molecule has 0 aliphatic heterocycles. The van der Waals surface area contributed by atoms with E-state index in [0.29, 0.717) is 18.8 Å². The van der Waals surface area contributed by atoms with Crippen molar-refractivity contribution in [1.29, 1.82) is 0 Å². The highest BCUT2D eigenvalue weighted by molar-refractivity contribution is 5.81. The van der Waals surface area contributed by atoms with Crippen LogP contribution in [0.15, 0.2) is 12.2 Å². The van der Waals surface area contributed by atoms with Crippen LogP contribution >= 0.6 is 0 Å². The molecule has 0 unspecified atom stereocenters. The second-order valence-electron chi connectivity index (χ2n) is 3.39. The van der Waals surface area contributed by atoms with E-state index in [1.54, 1.807) is 0 Å². The van der Waals surface area contributed by atoms with Crippen LogP contribution in [0.5, 0.6) is 0 Å². The van der Waals surface area contributed by atoms with Gasteiger partial charge in [0.15, 0.2) is 0 Å². The van der Waals surface area contributed by atoms with Gasteiger partial charge in [-0.3, -0.25) is 0 Å². The molecule has 1 aliphatic rings. The summed E-state index contributed by atoms with van der Waals surface area (Å²) in [6.45, 7) is 0. The molecule has 1 saturated carbocycles. The lowest BCUT2D eigenvalue weighted by atomic mass is 9.88. The number of methoxy groups -OCH3 is 1. The van der Waals surface area contributed by atoms with E-state index in [0.717, 1.165) is 12.8 Å². The molecule has 0 saturated heterocycles. The van der Waals surface area contributed by atoms with Crippen molar-refractivity contribution in [2.45, 2.75) is 31.9 Å². The summed E-state index contributed by atoms with van der Waals surface area (Å²) in [6.07, 6.45) is 5.55. The summed E-state index contributed by atoms with van der Waals surface area (Å²) in [5.41, 5.74) is 0. The fraction of sp³-hybridized carbons (Fsp3) is 0.700. The molecule has 1 aliphatic carbocycles. The van der Waals surface area contributed by atoms with E-state index in [1.165, 1.54) is 13.2 Å². The van der Waals surface area contributed by atoms with Crippen LogP contribution in [-0.4, -0.2) is 19.3 Å². The number of rotatable bonds is 2. The molecular formula is C10H15FO2. The molecule has 3 heteroatoms. The number of hydrogen-bond acceptors (Lipinski definition) is 2. The minimum atomic E-state index is -0.636. The van der Waals surface area contributed by atoms with Gasteiger partial charge in [-0.15, -0.1) is 0 Å². The zero-order chi connectivity index (χ0) is 9.68. The molecule has 0 heterocycles. The Morgan fingerprint density at radius 2 is 2.00 bits per heavy atom. The van der Waals surface area contributed by atoms with Gasteiger partial charge in [-0.05, 0) is 31.6 Å². The zero-order valence-corrected chi connectivity index (χ0v) is 7.83. The summed E-state index contributed by atoms with van der Waals surface area (Å²) < 4.78 is 17.2. The predicted molar refractivity (Wildman–Crippen MR) is 48.0 cm³/mol. The first-order chi connectivity index (χ1) is 6.22. The second kappa shape index (κ2) is 5.00. The van der Waals surface area contributed by atoms with Crippen molar-refractivity contribution >= 4 is 5.97 Å². The van der Waals surface area contributed by atoms with Crippen molar-refractivity contribution in [3.05, 3.63) is 12.2 Å². The molecule has 1 rings (SSSR count). The van der Waals surface area contributed by atoms with Gasteiger partial charge in [0.05, 0.1) is 7.11 Å². The fourth-order valence-electron chi connectivity index (χ4n) is 1.55. The summed E-state index contributed by atoms with van der Waals surface area (Å²) in [7, 11) is 1.35. The van der Waals surface area contributed by atoms with Crippen molar-refractivity contribution < 1.29 is 13.9 Å². The Kier molecular flexibility index (Phi) is 3.93. The van der Waals surface area contributed by atoms with Crippen LogP contribution in [0.25, 0.3) is 0 Å². The predicted octanol–water partition coefficient (Wildman–Crippen LogP) is 2.24. The third-order valence-corrected chi connectivity index (χ3v) is 2.41. The van der Waals surface area contributed by atoms with Crippen LogP contribution < -0.4 is 0 Å². The van der Waals surface area contributed by atoms with E-state index in [-0.39, 0.29) is 5.97 Å². The zero-order valence-electron chi connectivity index (χ0n) is 7.83. The average Bonchev–Trinajstić information content (AvgIpc) is 2.16. The molecule has 0 aromatic heterocycles. The fourth-order valence-corrected chi connectivity index (χ4v) is 1.55. The van der Waals surface area contributed by atoms with Crippen LogP contribution in [-0.2, 0) is 9.53 Å². The van der Waals surface area contributed by atoms with Gasteiger partial charge >= 0.3 is 5.97 Å². The van der Waals surface area contributed by atoms with Gasteiger partial charge in [-0.1, -0.05) is 6.08 Å². The molecule has 1 fully saturated rings. The van der Waals surface area contributed by atoms with E-state index in [4.69, 9.17) is 0 Å². The largest absolute Gasteiger partial charge is 0.466 e. The van der Waals surface area contributed by atoms with Crippen molar-refractivity contribution in [3.63, 3.8) is 0 Å². The number of ether oxygens (including phenoxy) is 1. The quantitative estimate of drug-likeness (QED) is 0.488. The summed E-state index contributed by atoms with van der Waals surface area (Å²) >= 11 is 0. The maximum absolute atomic E-state index is 12.7. The van der Waals surface area contributed by atoms with Crippen LogP contribution in [0.3, 0.4) is 0 Å². The monoisotopic (exact) mass is 186 g/mol. The highest BCUT2D eigenvalue weighted by atomic mass is 19.1. The highest BCUT2D eigenvalue weighted by Crippen LogP contribution is 2.26. The van der Waals surface area contributed by atoms with Gasteiger partial charge in [-0.25, -0.2) is 9.18 Å². The number of halogens is 1. The number of carbonyl (C=O) groups excluding carboxylic acids is 1. The third kappa shape index (κ3) is 3.57. The SMILES string of the molecule is COC(=O)/C=C/[C@H]1CC[C@H](F)CC1.